The number of benzene rings is 1. The van der Waals surface area contributed by atoms with Gasteiger partial charge in [-0.1, -0.05) is 16.8 Å². The van der Waals surface area contributed by atoms with Crippen LogP contribution in [0.3, 0.4) is 0 Å². The van der Waals surface area contributed by atoms with Gasteiger partial charge in [0.1, 0.15) is 0 Å². The van der Waals surface area contributed by atoms with E-state index in [1.54, 1.807) is 18.2 Å². The number of nitrogens with zero attached hydrogens (tertiary/aromatic N) is 4. The normalized spacial score (nSPS) is 11.5. The molecule has 0 bridgehead atoms. The third kappa shape index (κ3) is 3.30. The van der Waals surface area contributed by atoms with Crippen molar-refractivity contribution in [2.75, 3.05) is 23.7 Å². The Morgan fingerprint density at radius 2 is 2.05 bits per heavy atom. The van der Waals surface area contributed by atoms with Crippen LogP contribution in [-0.4, -0.2) is 37.5 Å². The zero-order chi connectivity index (χ0) is 15.8. The lowest BCUT2D eigenvalue weighted by Crippen LogP contribution is -2.17. The fourth-order valence-electron chi connectivity index (χ4n) is 1.74. The molecule has 0 spiro atoms. The second-order valence-electron chi connectivity index (χ2n) is 4.48. The van der Waals surface area contributed by atoms with E-state index in [-0.39, 0.29) is 9.63 Å². The van der Waals surface area contributed by atoms with Gasteiger partial charge in [0.2, 0.25) is 5.03 Å². The van der Waals surface area contributed by atoms with Crippen molar-refractivity contribution in [3.05, 3.63) is 27.8 Å². The Bertz CT molecular complexity index is 755. The van der Waals surface area contributed by atoms with Crippen molar-refractivity contribution in [2.24, 2.45) is 7.05 Å². The molecule has 2 aromatic rings. The highest BCUT2D eigenvalue weighted by Gasteiger charge is 2.24. The highest BCUT2D eigenvalue weighted by Crippen LogP contribution is 2.29. The van der Waals surface area contributed by atoms with Gasteiger partial charge < -0.3 is 4.90 Å². The number of sulfonamides is 1. The summed E-state index contributed by atoms with van der Waals surface area (Å²) in [5.41, 5.74) is 1.15. The molecule has 1 aromatic carbocycles. The summed E-state index contributed by atoms with van der Waals surface area (Å²) in [4.78, 5) is 1.84. The number of hydrogen-bond donors (Lipinski definition) is 1. The van der Waals surface area contributed by atoms with Crippen LogP contribution in [-0.2, 0) is 17.1 Å². The van der Waals surface area contributed by atoms with Crippen molar-refractivity contribution in [3.63, 3.8) is 0 Å². The molecule has 0 unspecified atom stereocenters. The first-order valence-corrected chi connectivity index (χ1v) is 8.42. The summed E-state index contributed by atoms with van der Waals surface area (Å²) in [6.07, 6.45) is 0. The molecule has 10 heteroatoms. The van der Waals surface area contributed by atoms with Gasteiger partial charge in [0.15, 0.2) is 4.60 Å². The maximum Gasteiger partial charge on any atom is 0.281 e. The molecule has 0 saturated heterocycles. The van der Waals surface area contributed by atoms with Crippen LogP contribution >= 0.6 is 27.5 Å². The molecule has 0 aliphatic heterocycles. The SMILES string of the molecule is CN(C)c1ccc(NS(=O)(=O)c2c(Br)nnn2C)cc1Cl. The minimum Gasteiger partial charge on any atom is -0.376 e. The van der Waals surface area contributed by atoms with Crippen molar-refractivity contribution in [1.82, 2.24) is 15.0 Å². The van der Waals surface area contributed by atoms with Gasteiger partial charge in [0.25, 0.3) is 10.0 Å². The molecule has 0 aliphatic rings. The molecule has 0 radical (unpaired) electrons. The summed E-state index contributed by atoms with van der Waals surface area (Å²) in [5, 5.41) is 7.69. The number of hydrogen-bond acceptors (Lipinski definition) is 5. The van der Waals surface area contributed by atoms with Gasteiger partial charge in [-0.2, -0.15) is 8.42 Å². The molecule has 21 heavy (non-hydrogen) atoms. The first-order chi connectivity index (χ1) is 9.72. The fourth-order valence-corrected chi connectivity index (χ4v) is 4.24. The lowest BCUT2D eigenvalue weighted by atomic mass is 10.3. The van der Waals surface area contributed by atoms with Crippen molar-refractivity contribution in [1.29, 1.82) is 0 Å². The molecular weight excluding hydrogens is 382 g/mol. The van der Waals surface area contributed by atoms with Gasteiger partial charge in [-0.3, -0.25) is 4.72 Å². The Morgan fingerprint density at radius 3 is 2.52 bits per heavy atom. The molecule has 2 rings (SSSR count). The van der Waals surface area contributed by atoms with Gasteiger partial charge in [-0.15, -0.1) is 5.10 Å². The van der Waals surface area contributed by atoms with Crippen LogP contribution in [0.2, 0.25) is 5.02 Å². The van der Waals surface area contributed by atoms with Gasteiger partial charge in [-0.05, 0) is 34.1 Å². The van der Waals surface area contributed by atoms with E-state index in [1.165, 1.54) is 11.7 Å². The summed E-state index contributed by atoms with van der Waals surface area (Å²) >= 11 is 9.19. The van der Waals surface area contributed by atoms with E-state index in [2.05, 4.69) is 31.0 Å². The zero-order valence-corrected chi connectivity index (χ0v) is 14.7. The van der Waals surface area contributed by atoms with Crippen molar-refractivity contribution in [2.45, 2.75) is 5.03 Å². The lowest BCUT2D eigenvalue weighted by Gasteiger charge is -2.15. The number of rotatable bonds is 4. The predicted molar refractivity (Wildman–Crippen MR) is 85.3 cm³/mol. The number of aryl methyl sites for hydroxylation is 1. The molecule has 0 aliphatic carbocycles. The summed E-state index contributed by atoms with van der Waals surface area (Å²) in [5.74, 6) is 0. The molecule has 0 saturated carbocycles. The first kappa shape index (κ1) is 16.1. The zero-order valence-electron chi connectivity index (χ0n) is 11.5. The lowest BCUT2D eigenvalue weighted by molar-refractivity contribution is 0.578. The minimum absolute atomic E-state index is 0.0599. The van der Waals surface area contributed by atoms with E-state index in [0.717, 1.165) is 5.69 Å². The van der Waals surface area contributed by atoms with E-state index >= 15 is 0 Å². The smallest absolute Gasteiger partial charge is 0.281 e. The Kier molecular flexibility index (Phi) is 4.45. The van der Waals surface area contributed by atoms with Crippen LogP contribution in [0.15, 0.2) is 27.8 Å². The standard InChI is InChI=1S/C11H13BrClN5O2S/c1-17(2)9-5-4-7(6-8(9)13)15-21(19,20)11-10(12)14-16-18(11)3/h4-6,15H,1-3H3. The van der Waals surface area contributed by atoms with Gasteiger partial charge in [0, 0.05) is 21.1 Å². The quantitative estimate of drug-likeness (QED) is 0.859. The topological polar surface area (TPSA) is 80.1 Å². The third-order valence-electron chi connectivity index (χ3n) is 2.67. The van der Waals surface area contributed by atoms with E-state index in [4.69, 9.17) is 11.6 Å². The minimum atomic E-state index is -3.81. The second-order valence-corrected chi connectivity index (χ2v) is 7.23. The van der Waals surface area contributed by atoms with E-state index in [0.29, 0.717) is 10.7 Å². The number of halogens is 2. The highest BCUT2D eigenvalue weighted by atomic mass is 79.9. The monoisotopic (exact) mass is 393 g/mol. The van der Waals surface area contributed by atoms with Crippen LogP contribution in [0.25, 0.3) is 0 Å². The first-order valence-electron chi connectivity index (χ1n) is 5.77. The molecule has 0 fully saturated rings. The van der Waals surface area contributed by atoms with Crippen LogP contribution < -0.4 is 9.62 Å². The third-order valence-corrected chi connectivity index (χ3v) is 5.24. The Hall–Kier alpha value is -1.32. The van der Waals surface area contributed by atoms with Crippen LogP contribution in [0, 0.1) is 0 Å². The maximum absolute atomic E-state index is 12.3. The van der Waals surface area contributed by atoms with E-state index in [9.17, 15) is 8.42 Å². The summed E-state index contributed by atoms with van der Waals surface area (Å²) in [7, 11) is 1.38. The summed E-state index contributed by atoms with van der Waals surface area (Å²) < 4.78 is 28.4. The number of nitrogens with one attached hydrogen (secondary N) is 1. The molecule has 0 amide bonds. The predicted octanol–water partition coefficient (Wildman–Crippen LogP) is 2.10. The Labute approximate surface area is 136 Å². The van der Waals surface area contributed by atoms with Gasteiger partial charge in [-0.25, -0.2) is 4.68 Å². The molecule has 1 heterocycles. The molecule has 1 N–H and O–H groups in total. The summed E-state index contributed by atoms with van der Waals surface area (Å²) in [6, 6.07) is 4.92. The number of anilines is 2. The van der Waals surface area contributed by atoms with Crippen LogP contribution in [0.4, 0.5) is 11.4 Å². The average Bonchev–Trinajstić information content (AvgIpc) is 2.68. The van der Waals surface area contributed by atoms with Crippen molar-refractivity contribution in [3.8, 4) is 0 Å². The largest absolute Gasteiger partial charge is 0.376 e. The van der Waals surface area contributed by atoms with Crippen molar-refractivity contribution >= 4 is 48.9 Å². The number of aromatic nitrogens is 3. The van der Waals surface area contributed by atoms with Gasteiger partial charge in [0.05, 0.1) is 16.4 Å². The van der Waals surface area contributed by atoms with Crippen LogP contribution in [0.1, 0.15) is 0 Å². The second kappa shape index (κ2) is 5.82. The van der Waals surface area contributed by atoms with Crippen molar-refractivity contribution < 1.29 is 8.42 Å². The van der Waals surface area contributed by atoms with Crippen LogP contribution in [0.5, 0.6) is 0 Å². The fraction of sp³-hybridized carbons (Fsp3) is 0.273. The van der Waals surface area contributed by atoms with Gasteiger partial charge >= 0.3 is 0 Å². The molecule has 1 aromatic heterocycles. The van der Waals surface area contributed by atoms with E-state index < -0.39 is 10.0 Å². The molecule has 114 valence electrons. The average molecular weight is 395 g/mol. The van der Waals surface area contributed by atoms with E-state index in [1.807, 2.05) is 19.0 Å². The molecule has 0 atom stereocenters. The summed E-state index contributed by atoms with van der Waals surface area (Å²) in [6.45, 7) is 0. The molecule has 7 nitrogen and oxygen atoms in total. The highest BCUT2D eigenvalue weighted by molar-refractivity contribution is 9.10. The maximum atomic E-state index is 12.3. The Balaban J connectivity index is 2.36. The molecular formula is C11H13BrClN5O2S. The Morgan fingerprint density at radius 1 is 1.38 bits per heavy atom.